The van der Waals surface area contributed by atoms with Crippen LogP contribution in [0.15, 0.2) is 33.7 Å². The van der Waals surface area contributed by atoms with E-state index in [1.54, 1.807) is 19.1 Å². The van der Waals surface area contributed by atoms with Crippen LogP contribution in [0.2, 0.25) is 0 Å². The zero-order chi connectivity index (χ0) is 13.1. The average molecular weight is 340 g/mol. The lowest BCUT2D eigenvalue weighted by atomic mass is 10.2. The number of hydrogen-bond acceptors (Lipinski definition) is 3. The number of aryl methyl sites for hydroxylation is 1. The van der Waals surface area contributed by atoms with E-state index >= 15 is 0 Å². The van der Waals surface area contributed by atoms with Crippen molar-refractivity contribution >= 4 is 35.7 Å². The first-order valence-electron chi connectivity index (χ1n) is 4.85. The highest BCUT2D eigenvalue weighted by molar-refractivity contribution is 9.10. The van der Waals surface area contributed by atoms with Gasteiger partial charge in [0.25, 0.3) is 9.05 Å². The summed E-state index contributed by atoms with van der Waals surface area (Å²) in [7, 11) is 1.55. The molecule has 0 aromatic heterocycles. The minimum absolute atomic E-state index is 0.0180. The van der Waals surface area contributed by atoms with Crippen molar-refractivity contribution in [3.63, 3.8) is 0 Å². The second-order valence-electron chi connectivity index (χ2n) is 3.37. The second-order valence-corrected chi connectivity index (χ2v) is 6.82. The molecule has 0 aliphatic carbocycles. The average Bonchev–Trinajstić information content (AvgIpc) is 2.19. The minimum atomic E-state index is -3.82. The highest BCUT2D eigenvalue weighted by Crippen LogP contribution is 2.33. The smallest absolute Gasteiger partial charge is 0.265 e. The van der Waals surface area contributed by atoms with E-state index in [4.69, 9.17) is 15.4 Å². The van der Waals surface area contributed by atoms with Crippen molar-refractivity contribution in [1.29, 1.82) is 0 Å². The summed E-state index contributed by atoms with van der Waals surface area (Å²) in [6.07, 6.45) is 3.61. The van der Waals surface area contributed by atoms with Gasteiger partial charge in [-0.15, -0.1) is 0 Å². The van der Waals surface area contributed by atoms with E-state index in [1.807, 2.05) is 13.0 Å². The SMILES string of the molecule is C/C=C/COc1c(C)cc(Br)cc1S(=O)(=O)Cl. The number of allylic oxidation sites excluding steroid dienone is 1. The second kappa shape index (κ2) is 5.89. The summed E-state index contributed by atoms with van der Waals surface area (Å²) in [5.41, 5.74) is 0.711. The molecule has 1 aromatic carbocycles. The zero-order valence-corrected chi connectivity index (χ0v) is 12.6. The molecule has 0 fully saturated rings. The minimum Gasteiger partial charge on any atom is -0.488 e. The summed E-state index contributed by atoms with van der Waals surface area (Å²) in [5, 5.41) is 0. The number of hydrogen-bond donors (Lipinski definition) is 0. The number of ether oxygens (including phenoxy) is 1. The van der Waals surface area contributed by atoms with Crippen LogP contribution in [0.1, 0.15) is 12.5 Å². The molecule has 17 heavy (non-hydrogen) atoms. The predicted molar refractivity (Wildman–Crippen MR) is 72.2 cm³/mol. The summed E-state index contributed by atoms with van der Waals surface area (Å²) in [6.45, 7) is 3.93. The lowest BCUT2D eigenvalue weighted by Crippen LogP contribution is -2.02. The molecule has 0 saturated carbocycles. The van der Waals surface area contributed by atoms with Gasteiger partial charge in [0.2, 0.25) is 0 Å². The maximum atomic E-state index is 11.4. The normalized spacial score (nSPS) is 12.0. The van der Waals surface area contributed by atoms with E-state index in [9.17, 15) is 8.42 Å². The molecule has 0 radical (unpaired) electrons. The van der Waals surface area contributed by atoms with E-state index in [0.717, 1.165) is 0 Å². The molecule has 6 heteroatoms. The Labute approximate surface area is 114 Å². The highest BCUT2D eigenvalue weighted by Gasteiger charge is 2.19. The van der Waals surface area contributed by atoms with E-state index in [-0.39, 0.29) is 4.90 Å². The first-order chi connectivity index (χ1) is 7.86. The Balaban J connectivity index is 3.26. The lowest BCUT2D eigenvalue weighted by Gasteiger charge is -2.11. The first-order valence-corrected chi connectivity index (χ1v) is 7.95. The fourth-order valence-corrected chi connectivity index (χ4v) is 3.07. The Kier molecular flexibility index (Phi) is 5.04. The molecule has 1 aromatic rings. The molecule has 1 rings (SSSR count). The standard InChI is InChI=1S/C11H12BrClO3S/c1-3-4-5-16-11-8(2)6-9(12)7-10(11)17(13,14)15/h3-4,6-7H,5H2,1-2H3/b4-3+. The largest absolute Gasteiger partial charge is 0.488 e. The molecule has 0 saturated heterocycles. The first kappa shape index (κ1) is 14.5. The van der Waals surface area contributed by atoms with Gasteiger partial charge in [0.1, 0.15) is 17.3 Å². The van der Waals surface area contributed by atoms with Crippen LogP contribution in [0.4, 0.5) is 0 Å². The zero-order valence-electron chi connectivity index (χ0n) is 9.41. The Bertz CT molecular complexity index is 538. The number of halogens is 2. The molecule has 3 nitrogen and oxygen atoms in total. The number of rotatable bonds is 4. The van der Waals surface area contributed by atoms with Gasteiger partial charge in [-0.25, -0.2) is 8.42 Å². The monoisotopic (exact) mass is 338 g/mol. The lowest BCUT2D eigenvalue weighted by molar-refractivity contribution is 0.350. The van der Waals surface area contributed by atoms with Crippen molar-refractivity contribution in [1.82, 2.24) is 0 Å². The molecule has 0 unspecified atom stereocenters. The molecular formula is C11H12BrClO3S. The van der Waals surface area contributed by atoms with E-state index < -0.39 is 9.05 Å². The van der Waals surface area contributed by atoms with Crippen molar-refractivity contribution in [3.05, 3.63) is 34.3 Å². The summed E-state index contributed by atoms with van der Waals surface area (Å²) >= 11 is 3.23. The Morgan fingerprint density at radius 3 is 2.65 bits per heavy atom. The Hall–Kier alpha value is -0.520. The maximum Gasteiger partial charge on any atom is 0.265 e. The fraction of sp³-hybridized carbons (Fsp3) is 0.273. The van der Waals surface area contributed by atoms with Gasteiger partial charge < -0.3 is 4.74 Å². The van der Waals surface area contributed by atoms with Gasteiger partial charge in [0, 0.05) is 15.2 Å². The van der Waals surface area contributed by atoms with Gasteiger partial charge in [-0.2, -0.15) is 0 Å². The molecule has 0 spiro atoms. The van der Waals surface area contributed by atoms with Gasteiger partial charge in [-0.3, -0.25) is 0 Å². The summed E-state index contributed by atoms with van der Waals surface area (Å²) in [5.74, 6) is 0.293. The topological polar surface area (TPSA) is 43.4 Å². The van der Waals surface area contributed by atoms with Gasteiger partial charge in [0.15, 0.2) is 0 Å². The van der Waals surface area contributed by atoms with Gasteiger partial charge in [0.05, 0.1) is 0 Å². The third kappa shape index (κ3) is 4.01. The molecule has 0 aliphatic rings. The van der Waals surface area contributed by atoms with Crippen LogP contribution in [0.5, 0.6) is 5.75 Å². The summed E-state index contributed by atoms with van der Waals surface area (Å²) < 4.78 is 28.9. The molecule has 94 valence electrons. The van der Waals surface area contributed by atoms with Crippen molar-refractivity contribution in [2.45, 2.75) is 18.7 Å². The van der Waals surface area contributed by atoms with Crippen molar-refractivity contribution < 1.29 is 13.2 Å². The van der Waals surface area contributed by atoms with Crippen molar-refractivity contribution in [2.75, 3.05) is 6.61 Å². The maximum absolute atomic E-state index is 11.4. The van der Waals surface area contributed by atoms with Crippen molar-refractivity contribution in [3.8, 4) is 5.75 Å². The molecule has 0 atom stereocenters. The van der Waals surface area contributed by atoms with E-state index in [2.05, 4.69) is 15.9 Å². The van der Waals surface area contributed by atoms with Crippen LogP contribution in [0, 0.1) is 6.92 Å². The van der Waals surface area contributed by atoms with Crippen LogP contribution in [-0.4, -0.2) is 15.0 Å². The molecular weight excluding hydrogens is 328 g/mol. The van der Waals surface area contributed by atoms with E-state index in [1.165, 1.54) is 6.07 Å². The molecule has 0 bridgehead atoms. The van der Waals surface area contributed by atoms with E-state index in [0.29, 0.717) is 22.4 Å². The van der Waals surface area contributed by atoms with Crippen LogP contribution in [-0.2, 0) is 9.05 Å². The van der Waals surface area contributed by atoms with Gasteiger partial charge in [-0.1, -0.05) is 28.1 Å². The molecule has 0 heterocycles. The molecule has 0 aliphatic heterocycles. The van der Waals surface area contributed by atoms with Crippen LogP contribution in [0.3, 0.4) is 0 Å². The van der Waals surface area contributed by atoms with Crippen LogP contribution < -0.4 is 4.74 Å². The third-order valence-corrected chi connectivity index (χ3v) is 3.81. The van der Waals surface area contributed by atoms with Crippen LogP contribution >= 0.6 is 26.6 Å². The Morgan fingerprint density at radius 2 is 2.12 bits per heavy atom. The third-order valence-electron chi connectivity index (χ3n) is 2.03. The molecule has 0 amide bonds. The predicted octanol–water partition coefficient (Wildman–Crippen LogP) is 3.64. The highest BCUT2D eigenvalue weighted by atomic mass is 79.9. The van der Waals surface area contributed by atoms with Gasteiger partial charge >= 0.3 is 0 Å². The van der Waals surface area contributed by atoms with Gasteiger partial charge in [-0.05, 0) is 31.5 Å². The van der Waals surface area contributed by atoms with Crippen LogP contribution in [0.25, 0.3) is 0 Å². The number of benzene rings is 1. The Morgan fingerprint density at radius 1 is 1.47 bits per heavy atom. The summed E-state index contributed by atoms with van der Waals surface area (Å²) in [6, 6.07) is 3.21. The quantitative estimate of drug-likeness (QED) is 0.621. The fourth-order valence-electron chi connectivity index (χ4n) is 1.29. The van der Waals surface area contributed by atoms with Crippen molar-refractivity contribution in [2.24, 2.45) is 0 Å². The molecule has 0 N–H and O–H groups in total. The summed E-state index contributed by atoms with van der Waals surface area (Å²) in [4.78, 5) is -0.0180.